The molecule has 1 amide bonds. The summed E-state index contributed by atoms with van der Waals surface area (Å²) in [5, 5.41) is 12.5. The summed E-state index contributed by atoms with van der Waals surface area (Å²) in [6.07, 6.45) is -0.600. The first kappa shape index (κ1) is 14.2. The fourth-order valence-electron chi connectivity index (χ4n) is 1.09. The molecule has 1 unspecified atom stereocenters. The molecule has 0 radical (unpaired) electrons. The van der Waals surface area contributed by atoms with Crippen LogP contribution in [0.5, 0.6) is 0 Å². The molecule has 0 saturated heterocycles. The van der Waals surface area contributed by atoms with E-state index in [1.54, 1.807) is 0 Å². The number of aliphatic hydroxyl groups is 1. The third-order valence-electron chi connectivity index (χ3n) is 2.27. The number of carbonyl (C=O) groups is 1. The van der Waals surface area contributed by atoms with Crippen LogP contribution in [0.1, 0.15) is 24.3 Å². The van der Waals surface area contributed by atoms with Gasteiger partial charge in [-0.2, -0.15) is 0 Å². The van der Waals surface area contributed by atoms with Crippen molar-refractivity contribution in [2.75, 3.05) is 6.54 Å². The number of aromatic nitrogens is 1. The van der Waals surface area contributed by atoms with Crippen molar-refractivity contribution in [3.63, 3.8) is 0 Å². The molecule has 1 aromatic heterocycles. The third-order valence-corrected chi connectivity index (χ3v) is 2.78. The first-order valence-corrected chi connectivity index (χ1v) is 5.95. The zero-order chi connectivity index (χ0) is 13.0. The number of aliphatic hydroxyl groups excluding tert-OH is 1. The molecule has 0 aliphatic carbocycles. The number of rotatable bonds is 4. The summed E-state index contributed by atoms with van der Waals surface area (Å²) in [4.78, 5) is 15.6. The van der Waals surface area contributed by atoms with Gasteiger partial charge in [0.2, 0.25) is 0 Å². The van der Waals surface area contributed by atoms with E-state index in [2.05, 4.69) is 10.3 Å². The Morgan fingerprint density at radius 3 is 2.71 bits per heavy atom. The first-order valence-electron chi connectivity index (χ1n) is 5.20. The summed E-state index contributed by atoms with van der Waals surface area (Å²) in [6.45, 7) is 3.88. The molecule has 1 heterocycles. The van der Waals surface area contributed by atoms with Crippen LogP contribution in [0.15, 0.2) is 12.1 Å². The van der Waals surface area contributed by atoms with Gasteiger partial charge in [-0.25, -0.2) is 4.98 Å². The van der Waals surface area contributed by atoms with Crippen molar-refractivity contribution in [2.24, 2.45) is 5.92 Å². The monoisotopic (exact) mass is 276 g/mol. The first-order chi connectivity index (χ1) is 7.91. The minimum atomic E-state index is -0.600. The molecule has 0 spiro atoms. The molecule has 0 saturated carbocycles. The van der Waals surface area contributed by atoms with Gasteiger partial charge in [0.15, 0.2) is 0 Å². The van der Waals surface area contributed by atoms with Gasteiger partial charge in [-0.05, 0) is 18.1 Å². The third kappa shape index (κ3) is 4.15. The van der Waals surface area contributed by atoms with Crippen molar-refractivity contribution in [3.05, 3.63) is 28.0 Å². The molecule has 94 valence electrons. The van der Waals surface area contributed by atoms with E-state index >= 15 is 0 Å². The summed E-state index contributed by atoms with van der Waals surface area (Å²) in [6, 6.07) is 3.01. The van der Waals surface area contributed by atoms with Crippen LogP contribution in [-0.2, 0) is 0 Å². The lowest BCUT2D eigenvalue weighted by Gasteiger charge is -2.15. The molecule has 4 nitrogen and oxygen atoms in total. The van der Waals surface area contributed by atoms with Crippen LogP contribution in [0.25, 0.3) is 0 Å². The molecule has 17 heavy (non-hydrogen) atoms. The van der Waals surface area contributed by atoms with Gasteiger partial charge in [-0.1, -0.05) is 37.0 Å². The summed E-state index contributed by atoms with van der Waals surface area (Å²) in [7, 11) is 0. The van der Waals surface area contributed by atoms with Gasteiger partial charge in [0.05, 0.1) is 11.1 Å². The van der Waals surface area contributed by atoms with Crippen LogP contribution in [0.2, 0.25) is 10.2 Å². The number of pyridine rings is 1. The van der Waals surface area contributed by atoms with Crippen LogP contribution >= 0.6 is 23.2 Å². The van der Waals surface area contributed by atoms with E-state index in [1.165, 1.54) is 12.1 Å². The van der Waals surface area contributed by atoms with E-state index in [-0.39, 0.29) is 28.3 Å². The second kappa shape index (κ2) is 6.19. The highest BCUT2D eigenvalue weighted by atomic mass is 35.5. The van der Waals surface area contributed by atoms with E-state index in [1.807, 2.05) is 13.8 Å². The second-order valence-corrected chi connectivity index (χ2v) is 4.78. The minimum Gasteiger partial charge on any atom is -0.391 e. The second-order valence-electron chi connectivity index (χ2n) is 3.99. The Hall–Kier alpha value is -0.840. The SMILES string of the molecule is CC(C)C(O)CNC(=O)c1nc(Cl)ccc1Cl. The fraction of sp³-hybridized carbons (Fsp3) is 0.455. The summed E-state index contributed by atoms with van der Waals surface area (Å²) in [5.74, 6) is -0.379. The largest absolute Gasteiger partial charge is 0.391 e. The van der Waals surface area contributed by atoms with Gasteiger partial charge in [0.25, 0.3) is 5.91 Å². The highest BCUT2D eigenvalue weighted by Crippen LogP contribution is 2.16. The number of hydrogen-bond donors (Lipinski definition) is 2. The smallest absolute Gasteiger partial charge is 0.271 e. The highest BCUT2D eigenvalue weighted by Gasteiger charge is 2.15. The van der Waals surface area contributed by atoms with Crippen molar-refractivity contribution < 1.29 is 9.90 Å². The number of nitrogens with zero attached hydrogens (tertiary/aromatic N) is 1. The quantitative estimate of drug-likeness (QED) is 0.829. The van der Waals surface area contributed by atoms with Crippen molar-refractivity contribution in [2.45, 2.75) is 20.0 Å². The molecule has 0 aliphatic heterocycles. The number of amides is 1. The lowest BCUT2D eigenvalue weighted by molar-refractivity contribution is 0.0867. The molecule has 0 aliphatic rings. The summed E-state index contributed by atoms with van der Waals surface area (Å²) < 4.78 is 0. The van der Waals surface area contributed by atoms with E-state index in [9.17, 15) is 9.90 Å². The van der Waals surface area contributed by atoms with Crippen LogP contribution in [0.3, 0.4) is 0 Å². The zero-order valence-electron chi connectivity index (χ0n) is 9.58. The van der Waals surface area contributed by atoms with Crippen LogP contribution in [0.4, 0.5) is 0 Å². The van der Waals surface area contributed by atoms with Gasteiger partial charge in [0, 0.05) is 6.54 Å². The number of nitrogens with one attached hydrogen (secondary N) is 1. The lowest BCUT2D eigenvalue weighted by Crippen LogP contribution is -2.35. The Kier molecular flexibility index (Phi) is 5.18. The van der Waals surface area contributed by atoms with Crippen LogP contribution < -0.4 is 5.32 Å². The van der Waals surface area contributed by atoms with Crippen molar-refractivity contribution in [1.82, 2.24) is 10.3 Å². The molecule has 1 rings (SSSR count). The summed E-state index contributed by atoms with van der Waals surface area (Å²) >= 11 is 11.5. The van der Waals surface area contributed by atoms with Gasteiger partial charge in [-0.15, -0.1) is 0 Å². The maximum atomic E-state index is 11.7. The highest BCUT2D eigenvalue weighted by molar-refractivity contribution is 6.34. The maximum Gasteiger partial charge on any atom is 0.271 e. The molecule has 0 fully saturated rings. The zero-order valence-corrected chi connectivity index (χ0v) is 11.1. The fourth-order valence-corrected chi connectivity index (χ4v) is 1.43. The molecule has 1 aromatic rings. The van der Waals surface area contributed by atoms with E-state index < -0.39 is 12.0 Å². The normalized spacial score (nSPS) is 12.6. The van der Waals surface area contributed by atoms with Gasteiger partial charge >= 0.3 is 0 Å². The van der Waals surface area contributed by atoms with Gasteiger partial charge in [0.1, 0.15) is 10.8 Å². The maximum absolute atomic E-state index is 11.7. The molecule has 6 heteroatoms. The van der Waals surface area contributed by atoms with E-state index in [0.717, 1.165) is 0 Å². The van der Waals surface area contributed by atoms with E-state index in [0.29, 0.717) is 0 Å². The van der Waals surface area contributed by atoms with Crippen LogP contribution in [0, 0.1) is 5.92 Å². The molecular weight excluding hydrogens is 263 g/mol. The molecular formula is C11H14Cl2N2O2. The van der Waals surface area contributed by atoms with Gasteiger partial charge in [-0.3, -0.25) is 4.79 Å². The van der Waals surface area contributed by atoms with Crippen molar-refractivity contribution in [3.8, 4) is 0 Å². The minimum absolute atomic E-state index is 0.0649. The molecule has 1 atom stereocenters. The van der Waals surface area contributed by atoms with Crippen LogP contribution in [-0.4, -0.2) is 28.6 Å². The molecule has 0 bridgehead atoms. The average molecular weight is 277 g/mol. The van der Waals surface area contributed by atoms with Crippen molar-refractivity contribution in [1.29, 1.82) is 0 Å². The number of carbonyl (C=O) groups excluding carboxylic acids is 1. The Balaban J connectivity index is 2.67. The Morgan fingerprint density at radius 1 is 1.47 bits per heavy atom. The Morgan fingerprint density at radius 2 is 2.12 bits per heavy atom. The number of halogens is 2. The average Bonchev–Trinajstić information content (AvgIpc) is 2.28. The van der Waals surface area contributed by atoms with E-state index in [4.69, 9.17) is 23.2 Å². The standard InChI is InChI=1S/C11H14Cl2N2O2/c1-6(2)8(16)5-14-11(17)10-7(12)3-4-9(13)15-10/h3-4,6,8,16H,5H2,1-2H3,(H,14,17). The predicted molar refractivity (Wildman–Crippen MR) is 67.4 cm³/mol. The molecule has 2 N–H and O–H groups in total. The lowest BCUT2D eigenvalue weighted by atomic mass is 10.1. The summed E-state index contributed by atoms with van der Waals surface area (Å²) in [5.41, 5.74) is 0.0649. The topological polar surface area (TPSA) is 62.2 Å². The van der Waals surface area contributed by atoms with Crippen molar-refractivity contribution >= 4 is 29.1 Å². The predicted octanol–water partition coefficient (Wildman–Crippen LogP) is 2.14. The molecule has 0 aromatic carbocycles. The Labute approximate surface area is 110 Å². The van der Waals surface area contributed by atoms with Gasteiger partial charge < -0.3 is 10.4 Å². The Bertz CT molecular complexity index is 410. The number of hydrogen-bond acceptors (Lipinski definition) is 3.